The summed E-state index contributed by atoms with van der Waals surface area (Å²) in [5, 5.41) is 2.60. The maximum Gasteiger partial charge on any atom is 0.414 e. The van der Waals surface area contributed by atoms with Crippen molar-refractivity contribution in [1.29, 1.82) is 0 Å². The number of carbonyl (C=O) groups is 2. The molecule has 0 saturated carbocycles. The minimum atomic E-state index is -0.547. The molecule has 1 aromatic carbocycles. The first-order chi connectivity index (χ1) is 11.4. The molecule has 1 saturated heterocycles. The lowest BCUT2D eigenvalue weighted by Gasteiger charge is -2.14. The number of nitrogens with zero attached hydrogens (tertiary/aromatic N) is 2. The van der Waals surface area contributed by atoms with Crippen LogP contribution in [-0.2, 0) is 9.53 Å². The molecule has 2 amide bonds. The minimum absolute atomic E-state index is 0.193. The normalized spacial score (nSPS) is 17.0. The van der Waals surface area contributed by atoms with E-state index in [0.717, 1.165) is 5.56 Å². The predicted molar refractivity (Wildman–Crippen MR) is 86.8 cm³/mol. The van der Waals surface area contributed by atoms with E-state index in [-0.39, 0.29) is 19.0 Å². The highest BCUT2D eigenvalue weighted by Gasteiger charge is 2.32. The smallest absolute Gasteiger partial charge is 0.414 e. The van der Waals surface area contributed by atoms with Crippen LogP contribution in [-0.4, -0.2) is 35.8 Å². The third-order valence-electron chi connectivity index (χ3n) is 3.81. The maximum atomic E-state index is 14.4. The molecule has 1 aliphatic rings. The Morgan fingerprint density at radius 1 is 1.42 bits per heavy atom. The summed E-state index contributed by atoms with van der Waals surface area (Å²) in [5.41, 5.74) is 1.87. The van der Waals surface area contributed by atoms with Crippen LogP contribution >= 0.6 is 0 Å². The highest BCUT2D eigenvalue weighted by atomic mass is 19.1. The Kier molecular flexibility index (Phi) is 4.24. The molecule has 1 aromatic heterocycles. The van der Waals surface area contributed by atoms with Crippen molar-refractivity contribution < 1.29 is 18.7 Å². The Morgan fingerprint density at radius 3 is 2.83 bits per heavy atom. The molecule has 0 spiro atoms. The second-order valence-electron chi connectivity index (χ2n) is 5.79. The van der Waals surface area contributed by atoms with E-state index >= 15 is 0 Å². The van der Waals surface area contributed by atoms with Gasteiger partial charge in [0.05, 0.1) is 24.5 Å². The lowest BCUT2D eigenvalue weighted by molar-refractivity contribution is -0.119. The summed E-state index contributed by atoms with van der Waals surface area (Å²) in [6.45, 7) is 3.82. The van der Waals surface area contributed by atoms with Crippen molar-refractivity contribution in [3.8, 4) is 5.69 Å². The van der Waals surface area contributed by atoms with Gasteiger partial charge in [0, 0.05) is 19.3 Å². The zero-order valence-corrected chi connectivity index (χ0v) is 13.5. The molecular formula is C17H18FN3O3. The number of nitrogens with one attached hydrogen (secondary N) is 1. The van der Waals surface area contributed by atoms with Crippen LogP contribution in [0.1, 0.15) is 12.5 Å². The monoisotopic (exact) mass is 331 g/mol. The van der Waals surface area contributed by atoms with Crippen molar-refractivity contribution in [1.82, 2.24) is 9.88 Å². The van der Waals surface area contributed by atoms with Crippen molar-refractivity contribution in [3.05, 3.63) is 48.0 Å². The third-order valence-corrected chi connectivity index (χ3v) is 3.81. The number of aryl methyl sites for hydroxylation is 1. The molecule has 6 nitrogen and oxygen atoms in total. The minimum Gasteiger partial charge on any atom is -0.442 e. The number of amides is 2. The van der Waals surface area contributed by atoms with Crippen LogP contribution in [0.25, 0.3) is 5.69 Å². The Labute approximate surface area is 138 Å². The van der Waals surface area contributed by atoms with E-state index < -0.39 is 18.0 Å². The number of hydrogen-bond donors (Lipinski definition) is 1. The van der Waals surface area contributed by atoms with Crippen molar-refractivity contribution in [2.75, 3.05) is 18.0 Å². The molecule has 0 unspecified atom stereocenters. The summed E-state index contributed by atoms with van der Waals surface area (Å²) in [4.78, 5) is 24.3. The van der Waals surface area contributed by atoms with Crippen molar-refractivity contribution in [3.63, 3.8) is 0 Å². The van der Waals surface area contributed by atoms with Crippen molar-refractivity contribution in [2.45, 2.75) is 20.0 Å². The number of anilines is 1. The maximum absolute atomic E-state index is 14.4. The third kappa shape index (κ3) is 3.24. The number of rotatable bonds is 4. The van der Waals surface area contributed by atoms with Gasteiger partial charge in [0.25, 0.3) is 0 Å². The molecular weight excluding hydrogens is 313 g/mol. The zero-order valence-electron chi connectivity index (χ0n) is 13.5. The average Bonchev–Trinajstić information content (AvgIpc) is 3.11. The number of benzene rings is 1. The number of ether oxygens (including phenoxy) is 1. The van der Waals surface area contributed by atoms with Crippen LogP contribution in [0.4, 0.5) is 14.9 Å². The van der Waals surface area contributed by atoms with Crippen LogP contribution in [0, 0.1) is 12.7 Å². The molecule has 0 aliphatic carbocycles. The van der Waals surface area contributed by atoms with Gasteiger partial charge in [-0.2, -0.15) is 0 Å². The topological polar surface area (TPSA) is 63.6 Å². The van der Waals surface area contributed by atoms with Crippen LogP contribution in [0.15, 0.2) is 36.7 Å². The van der Waals surface area contributed by atoms with Crippen LogP contribution in [0.3, 0.4) is 0 Å². The molecule has 2 heterocycles. The molecule has 0 bridgehead atoms. The van der Waals surface area contributed by atoms with Gasteiger partial charge in [0.1, 0.15) is 11.9 Å². The number of hydrogen-bond acceptors (Lipinski definition) is 3. The first-order valence-electron chi connectivity index (χ1n) is 7.61. The van der Waals surface area contributed by atoms with Gasteiger partial charge in [0.2, 0.25) is 5.91 Å². The molecule has 1 N–H and O–H groups in total. The number of cyclic esters (lactones) is 1. The fourth-order valence-corrected chi connectivity index (χ4v) is 2.62. The van der Waals surface area contributed by atoms with Crippen LogP contribution in [0.5, 0.6) is 0 Å². The summed E-state index contributed by atoms with van der Waals surface area (Å²) < 4.78 is 21.3. The summed E-state index contributed by atoms with van der Waals surface area (Å²) in [6, 6.07) is 6.50. The fourth-order valence-electron chi connectivity index (χ4n) is 2.62. The molecule has 24 heavy (non-hydrogen) atoms. The lowest BCUT2D eigenvalue weighted by Crippen LogP contribution is -2.33. The molecule has 1 aliphatic heterocycles. The molecule has 0 radical (unpaired) electrons. The number of aromatic nitrogens is 1. The molecule has 1 fully saturated rings. The van der Waals surface area contributed by atoms with E-state index in [0.29, 0.717) is 11.4 Å². The van der Waals surface area contributed by atoms with E-state index in [9.17, 15) is 14.0 Å². The summed E-state index contributed by atoms with van der Waals surface area (Å²) in [5.74, 6) is -0.622. The lowest BCUT2D eigenvalue weighted by atomic mass is 10.2. The highest BCUT2D eigenvalue weighted by molar-refractivity contribution is 5.90. The Balaban J connectivity index is 1.77. The quantitative estimate of drug-likeness (QED) is 0.936. The Morgan fingerprint density at radius 2 is 2.21 bits per heavy atom. The van der Waals surface area contributed by atoms with Gasteiger partial charge in [-0.15, -0.1) is 0 Å². The van der Waals surface area contributed by atoms with Gasteiger partial charge in [-0.25, -0.2) is 9.18 Å². The fraction of sp³-hybridized carbons (Fsp3) is 0.294. The van der Waals surface area contributed by atoms with E-state index in [4.69, 9.17) is 4.74 Å². The molecule has 1 atom stereocenters. The van der Waals surface area contributed by atoms with E-state index in [1.54, 1.807) is 22.9 Å². The largest absolute Gasteiger partial charge is 0.442 e. The van der Waals surface area contributed by atoms with Crippen LogP contribution < -0.4 is 10.2 Å². The van der Waals surface area contributed by atoms with Gasteiger partial charge in [-0.1, -0.05) is 0 Å². The average molecular weight is 331 g/mol. The second kappa shape index (κ2) is 6.35. The van der Waals surface area contributed by atoms with E-state index in [2.05, 4.69) is 5.32 Å². The van der Waals surface area contributed by atoms with E-state index in [1.807, 2.05) is 19.2 Å². The van der Waals surface area contributed by atoms with Gasteiger partial charge in [-0.3, -0.25) is 9.69 Å². The molecule has 3 rings (SSSR count). The molecule has 126 valence electrons. The number of halogens is 1. The highest BCUT2D eigenvalue weighted by Crippen LogP contribution is 2.25. The second-order valence-corrected chi connectivity index (χ2v) is 5.79. The van der Waals surface area contributed by atoms with Crippen molar-refractivity contribution in [2.24, 2.45) is 0 Å². The van der Waals surface area contributed by atoms with Gasteiger partial charge in [0.15, 0.2) is 0 Å². The standard InChI is InChI=1S/C17H18FN3O3/c1-11-5-6-20(9-11)16-4-3-13(7-15(16)18)21-10-14(24-17(21)23)8-19-12(2)22/h3-7,9,14H,8,10H2,1-2H3,(H,19,22)/t14-/m0/s1. The molecule has 2 aromatic rings. The Bertz CT molecular complexity index is 787. The Hall–Kier alpha value is -2.83. The summed E-state index contributed by atoms with van der Waals surface area (Å²) >= 11 is 0. The summed E-state index contributed by atoms with van der Waals surface area (Å²) in [6.07, 6.45) is 2.61. The van der Waals surface area contributed by atoms with Crippen molar-refractivity contribution >= 4 is 17.7 Å². The number of carbonyl (C=O) groups excluding carboxylic acids is 2. The van der Waals surface area contributed by atoms with E-state index in [1.165, 1.54) is 17.9 Å². The zero-order chi connectivity index (χ0) is 17.3. The van der Waals surface area contributed by atoms with Crippen LogP contribution in [0.2, 0.25) is 0 Å². The summed E-state index contributed by atoms with van der Waals surface area (Å²) in [7, 11) is 0. The van der Waals surface area contributed by atoms with Gasteiger partial charge < -0.3 is 14.6 Å². The van der Waals surface area contributed by atoms with Gasteiger partial charge in [-0.05, 0) is 36.8 Å². The first-order valence-corrected chi connectivity index (χ1v) is 7.61. The predicted octanol–water partition coefficient (Wildman–Crippen LogP) is 2.39. The molecule has 7 heteroatoms. The first kappa shape index (κ1) is 16.0. The van der Waals surface area contributed by atoms with Gasteiger partial charge >= 0.3 is 6.09 Å². The SMILES string of the molecule is CC(=O)NC[C@H]1CN(c2ccc(-n3ccc(C)c3)c(F)c2)C(=O)O1.